The molecule has 106 valence electrons. The summed E-state index contributed by atoms with van der Waals surface area (Å²) >= 11 is 0. The van der Waals surface area contributed by atoms with Crippen LogP contribution in [0.25, 0.3) is 0 Å². The van der Waals surface area contributed by atoms with Crippen molar-refractivity contribution in [1.29, 1.82) is 0 Å². The van der Waals surface area contributed by atoms with E-state index in [0.717, 1.165) is 6.42 Å². The minimum atomic E-state index is -0.779. The molecule has 0 bridgehead atoms. The van der Waals surface area contributed by atoms with E-state index in [1.807, 2.05) is 20.8 Å². The predicted octanol–water partition coefficient (Wildman–Crippen LogP) is 1.55. The van der Waals surface area contributed by atoms with Crippen LogP contribution in [0.15, 0.2) is 0 Å². The number of unbranched alkanes of at least 4 members (excludes halogenated alkanes) is 1. The van der Waals surface area contributed by atoms with Gasteiger partial charge >= 0.3 is 0 Å². The number of hydrogen-bond acceptors (Lipinski definition) is 2. The summed E-state index contributed by atoms with van der Waals surface area (Å²) in [6.07, 6.45) is 7.20. The number of piperazine rings is 1. The third-order valence-corrected chi connectivity index (χ3v) is 3.80. The molecule has 2 amide bonds. The van der Waals surface area contributed by atoms with Gasteiger partial charge in [0.05, 0.1) is 0 Å². The summed E-state index contributed by atoms with van der Waals surface area (Å²) in [5.74, 6) is 2.62. The Labute approximate surface area is 115 Å². The third-order valence-electron chi connectivity index (χ3n) is 3.80. The minimum absolute atomic E-state index is 0.00493. The Morgan fingerprint density at radius 3 is 2.58 bits per heavy atom. The van der Waals surface area contributed by atoms with Crippen LogP contribution in [0.4, 0.5) is 0 Å². The smallest absolute Gasteiger partial charge is 0.248 e. The number of hydrogen-bond donors (Lipinski definition) is 1. The van der Waals surface area contributed by atoms with Crippen LogP contribution in [0.2, 0.25) is 0 Å². The Bertz CT molecular complexity index is 397. The van der Waals surface area contributed by atoms with Gasteiger partial charge in [-0.15, -0.1) is 12.3 Å². The van der Waals surface area contributed by atoms with Crippen LogP contribution in [0.5, 0.6) is 0 Å². The normalized spacial score (nSPS) is 27.4. The maximum Gasteiger partial charge on any atom is 0.248 e. The number of rotatable bonds is 5. The first-order chi connectivity index (χ1) is 8.87. The van der Waals surface area contributed by atoms with Crippen LogP contribution in [-0.4, -0.2) is 34.8 Å². The van der Waals surface area contributed by atoms with Gasteiger partial charge in [-0.2, -0.15) is 0 Å². The summed E-state index contributed by atoms with van der Waals surface area (Å²) in [6.45, 7) is 8.17. The predicted molar refractivity (Wildman–Crippen MR) is 75.2 cm³/mol. The maximum atomic E-state index is 12.6. The maximum absolute atomic E-state index is 12.6. The SMILES string of the molecule is C#CCCCN1C(=O)C(C)(CC)NC(=O)C1C(C)C. The summed E-state index contributed by atoms with van der Waals surface area (Å²) in [6, 6.07) is -0.384. The van der Waals surface area contributed by atoms with Gasteiger partial charge < -0.3 is 10.2 Å². The van der Waals surface area contributed by atoms with Gasteiger partial charge in [0.1, 0.15) is 11.6 Å². The van der Waals surface area contributed by atoms with E-state index >= 15 is 0 Å². The molecule has 19 heavy (non-hydrogen) atoms. The molecular weight excluding hydrogens is 240 g/mol. The van der Waals surface area contributed by atoms with Gasteiger partial charge in [0.2, 0.25) is 11.8 Å². The van der Waals surface area contributed by atoms with Crippen LogP contribution in [0.1, 0.15) is 47.0 Å². The van der Waals surface area contributed by atoms with Gasteiger partial charge in [0.25, 0.3) is 0 Å². The summed E-state index contributed by atoms with van der Waals surface area (Å²) in [7, 11) is 0. The van der Waals surface area contributed by atoms with Gasteiger partial charge in [-0.25, -0.2) is 0 Å². The average Bonchev–Trinajstić information content (AvgIpc) is 2.34. The van der Waals surface area contributed by atoms with E-state index in [1.54, 1.807) is 11.8 Å². The van der Waals surface area contributed by atoms with Crippen molar-refractivity contribution in [3.63, 3.8) is 0 Å². The monoisotopic (exact) mass is 264 g/mol. The fourth-order valence-electron chi connectivity index (χ4n) is 2.48. The fourth-order valence-corrected chi connectivity index (χ4v) is 2.48. The number of carbonyl (C=O) groups excluding carboxylic acids is 2. The summed E-state index contributed by atoms with van der Waals surface area (Å²) in [4.78, 5) is 26.6. The molecule has 4 heteroatoms. The number of amides is 2. The standard InChI is InChI=1S/C15H24N2O2/c1-6-8-9-10-17-12(11(3)4)13(18)16-15(5,7-2)14(17)19/h1,11-12H,7-10H2,2-5H3,(H,16,18). The molecule has 0 aromatic heterocycles. The van der Waals surface area contributed by atoms with E-state index in [0.29, 0.717) is 19.4 Å². The van der Waals surface area contributed by atoms with Crippen molar-refractivity contribution < 1.29 is 9.59 Å². The zero-order valence-electron chi connectivity index (χ0n) is 12.3. The van der Waals surface area contributed by atoms with Gasteiger partial charge in [0.15, 0.2) is 0 Å². The van der Waals surface area contributed by atoms with Gasteiger partial charge in [-0.05, 0) is 25.7 Å². The van der Waals surface area contributed by atoms with E-state index < -0.39 is 5.54 Å². The number of nitrogens with zero attached hydrogens (tertiary/aromatic N) is 1. The van der Waals surface area contributed by atoms with Crippen molar-refractivity contribution in [3.05, 3.63) is 0 Å². The Hall–Kier alpha value is -1.50. The van der Waals surface area contributed by atoms with E-state index in [4.69, 9.17) is 6.42 Å². The highest BCUT2D eigenvalue weighted by molar-refractivity contribution is 5.99. The summed E-state index contributed by atoms with van der Waals surface area (Å²) in [5.41, 5.74) is -0.779. The molecule has 4 nitrogen and oxygen atoms in total. The van der Waals surface area contributed by atoms with Crippen molar-refractivity contribution in [2.24, 2.45) is 5.92 Å². The fraction of sp³-hybridized carbons (Fsp3) is 0.733. The zero-order valence-corrected chi connectivity index (χ0v) is 12.3. The van der Waals surface area contributed by atoms with Gasteiger partial charge in [-0.1, -0.05) is 20.8 Å². The highest BCUT2D eigenvalue weighted by atomic mass is 16.2. The van der Waals surface area contributed by atoms with Crippen LogP contribution in [0, 0.1) is 18.3 Å². The van der Waals surface area contributed by atoms with Crippen LogP contribution in [-0.2, 0) is 9.59 Å². The first-order valence-electron chi connectivity index (χ1n) is 6.94. The van der Waals surface area contributed by atoms with Gasteiger partial charge in [0, 0.05) is 13.0 Å². The van der Waals surface area contributed by atoms with E-state index in [1.165, 1.54) is 0 Å². The molecule has 2 atom stereocenters. The Morgan fingerprint density at radius 2 is 2.11 bits per heavy atom. The first kappa shape index (κ1) is 15.6. The molecule has 0 radical (unpaired) electrons. The lowest BCUT2D eigenvalue weighted by Crippen LogP contribution is -2.70. The minimum Gasteiger partial charge on any atom is -0.340 e. The number of nitrogens with one attached hydrogen (secondary N) is 1. The van der Waals surface area contributed by atoms with E-state index in [9.17, 15) is 9.59 Å². The van der Waals surface area contributed by atoms with Crippen molar-refractivity contribution in [3.8, 4) is 12.3 Å². The van der Waals surface area contributed by atoms with Crippen LogP contribution < -0.4 is 5.32 Å². The molecule has 1 aliphatic rings. The molecule has 1 saturated heterocycles. The second-order valence-corrected chi connectivity index (χ2v) is 5.67. The molecule has 1 N–H and O–H groups in total. The highest BCUT2D eigenvalue weighted by Crippen LogP contribution is 2.25. The van der Waals surface area contributed by atoms with Crippen molar-refractivity contribution in [1.82, 2.24) is 10.2 Å². The molecular formula is C15H24N2O2. The second-order valence-electron chi connectivity index (χ2n) is 5.67. The quantitative estimate of drug-likeness (QED) is 0.605. The highest BCUT2D eigenvalue weighted by Gasteiger charge is 2.47. The molecule has 1 aliphatic heterocycles. The molecule has 0 spiro atoms. The third kappa shape index (κ3) is 3.09. The summed E-state index contributed by atoms with van der Waals surface area (Å²) < 4.78 is 0. The van der Waals surface area contributed by atoms with Gasteiger partial charge in [-0.3, -0.25) is 9.59 Å². The number of carbonyl (C=O) groups is 2. The number of terminal acetylenes is 1. The molecule has 2 unspecified atom stereocenters. The lowest BCUT2D eigenvalue weighted by atomic mass is 9.88. The van der Waals surface area contributed by atoms with Crippen LogP contribution >= 0.6 is 0 Å². The first-order valence-corrected chi connectivity index (χ1v) is 6.94. The van der Waals surface area contributed by atoms with Crippen LogP contribution in [0.3, 0.4) is 0 Å². The molecule has 1 fully saturated rings. The summed E-state index contributed by atoms with van der Waals surface area (Å²) in [5, 5.41) is 2.87. The largest absolute Gasteiger partial charge is 0.340 e. The molecule has 0 aliphatic carbocycles. The lowest BCUT2D eigenvalue weighted by Gasteiger charge is -2.45. The topological polar surface area (TPSA) is 49.4 Å². The van der Waals surface area contributed by atoms with Crippen molar-refractivity contribution >= 4 is 11.8 Å². The van der Waals surface area contributed by atoms with E-state index in [2.05, 4.69) is 11.2 Å². The average molecular weight is 264 g/mol. The Kier molecular flexibility index (Phi) is 4.99. The lowest BCUT2D eigenvalue weighted by molar-refractivity contribution is -0.156. The Morgan fingerprint density at radius 1 is 1.47 bits per heavy atom. The zero-order chi connectivity index (χ0) is 14.6. The molecule has 1 heterocycles. The van der Waals surface area contributed by atoms with E-state index in [-0.39, 0.29) is 23.8 Å². The second kappa shape index (κ2) is 6.10. The van der Waals surface area contributed by atoms with Crippen molar-refractivity contribution in [2.45, 2.75) is 58.5 Å². The molecule has 1 rings (SSSR count). The Balaban J connectivity index is 2.97. The molecule has 0 aromatic carbocycles. The van der Waals surface area contributed by atoms with Crippen molar-refractivity contribution in [2.75, 3.05) is 6.54 Å². The molecule has 0 saturated carbocycles. The molecule has 0 aromatic rings.